The van der Waals surface area contributed by atoms with Gasteiger partial charge in [0.25, 0.3) is 0 Å². The Balaban J connectivity index is 2.46. The Hall–Kier alpha value is -2.40. The van der Waals surface area contributed by atoms with Crippen LogP contribution in [0, 0.1) is 12.3 Å². The molecular formula is C16H14O2. The third kappa shape index (κ3) is 2.31. The third-order valence-corrected chi connectivity index (χ3v) is 2.77. The molecule has 0 fully saturated rings. The second kappa shape index (κ2) is 5.29. The minimum atomic E-state index is 0.774. The largest absolute Gasteiger partial charge is 0.497 e. The van der Waals surface area contributed by atoms with E-state index in [1.54, 1.807) is 14.2 Å². The molecule has 0 aromatic heterocycles. The minimum absolute atomic E-state index is 0.774. The van der Waals surface area contributed by atoms with E-state index in [2.05, 4.69) is 5.92 Å². The van der Waals surface area contributed by atoms with Crippen molar-refractivity contribution in [2.24, 2.45) is 0 Å². The van der Waals surface area contributed by atoms with Crippen molar-refractivity contribution in [1.82, 2.24) is 0 Å². The molecule has 0 aliphatic rings. The zero-order valence-corrected chi connectivity index (χ0v) is 10.4. The lowest BCUT2D eigenvalue weighted by molar-refractivity contribution is 0.395. The van der Waals surface area contributed by atoms with Crippen LogP contribution in [-0.4, -0.2) is 14.2 Å². The van der Waals surface area contributed by atoms with Gasteiger partial charge in [0.05, 0.1) is 14.2 Å². The van der Waals surface area contributed by atoms with E-state index in [9.17, 15) is 0 Å². The van der Waals surface area contributed by atoms with Crippen LogP contribution in [0.5, 0.6) is 11.5 Å². The number of rotatable bonds is 3. The Morgan fingerprint density at radius 2 is 1.67 bits per heavy atom. The topological polar surface area (TPSA) is 18.5 Å². The molecule has 0 atom stereocenters. The molecule has 2 rings (SSSR count). The van der Waals surface area contributed by atoms with E-state index in [4.69, 9.17) is 15.9 Å². The number of benzene rings is 2. The average Bonchev–Trinajstić information content (AvgIpc) is 2.46. The van der Waals surface area contributed by atoms with Gasteiger partial charge in [-0.3, -0.25) is 0 Å². The van der Waals surface area contributed by atoms with Gasteiger partial charge in [0.1, 0.15) is 11.5 Å². The first-order valence-electron chi connectivity index (χ1n) is 5.57. The second-order valence-electron chi connectivity index (χ2n) is 3.79. The number of terminal acetylenes is 1. The van der Waals surface area contributed by atoms with Crippen molar-refractivity contribution in [3.05, 3.63) is 48.0 Å². The van der Waals surface area contributed by atoms with Crippen molar-refractivity contribution in [3.63, 3.8) is 0 Å². The maximum Gasteiger partial charge on any atom is 0.130 e. The van der Waals surface area contributed by atoms with Crippen LogP contribution in [0.4, 0.5) is 0 Å². The van der Waals surface area contributed by atoms with Crippen LogP contribution < -0.4 is 9.47 Å². The molecule has 0 unspecified atom stereocenters. The molecule has 0 aliphatic carbocycles. The van der Waals surface area contributed by atoms with Gasteiger partial charge < -0.3 is 9.47 Å². The Morgan fingerprint density at radius 1 is 0.944 bits per heavy atom. The van der Waals surface area contributed by atoms with Crippen molar-refractivity contribution in [2.45, 2.75) is 0 Å². The number of ether oxygens (including phenoxy) is 2. The van der Waals surface area contributed by atoms with Crippen molar-refractivity contribution >= 4 is 0 Å². The first-order valence-corrected chi connectivity index (χ1v) is 5.57. The fourth-order valence-electron chi connectivity index (χ4n) is 1.78. The highest BCUT2D eigenvalue weighted by molar-refractivity contribution is 5.72. The maximum absolute atomic E-state index is 5.38. The summed E-state index contributed by atoms with van der Waals surface area (Å²) in [6.45, 7) is 0. The molecule has 0 heterocycles. The molecule has 2 heteroatoms. The monoisotopic (exact) mass is 238 g/mol. The van der Waals surface area contributed by atoms with Gasteiger partial charge in [-0.15, -0.1) is 6.42 Å². The molecule has 18 heavy (non-hydrogen) atoms. The summed E-state index contributed by atoms with van der Waals surface area (Å²) in [6, 6.07) is 13.6. The first-order chi connectivity index (χ1) is 8.78. The molecule has 2 aromatic carbocycles. The van der Waals surface area contributed by atoms with Gasteiger partial charge in [0, 0.05) is 17.2 Å². The minimum Gasteiger partial charge on any atom is -0.497 e. The molecule has 2 aromatic rings. The molecule has 0 spiro atoms. The summed E-state index contributed by atoms with van der Waals surface area (Å²) in [6.07, 6.45) is 5.34. The molecule has 0 amide bonds. The van der Waals surface area contributed by atoms with E-state index in [-0.39, 0.29) is 0 Å². The lowest BCUT2D eigenvalue weighted by atomic mass is 10.0. The first kappa shape index (κ1) is 12.1. The van der Waals surface area contributed by atoms with Crippen LogP contribution in [0.1, 0.15) is 5.56 Å². The van der Waals surface area contributed by atoms with Gasteiger partial charge in [0.15, 0.2) is 0 Å². The zero-order chi connectivity index (χ0) is 13.0. The lowest BCUT2D eigenvalue weighted by Gasteiger charge is -2.10. The standard InChI is InChI=1S/C16H14O2/c1-4-12-5-7-13(8-6-12)15-10-9-14(17-2)11-16(15)18-3/h1,5-11H,2-3H3. The normalized spacial score (nSPS) is 9.61. The van der Waals surface area contributed by atoms with Crippen LogP contribution >= 0.6 is 0 Å². The fourth-order valence-corrected chi connectivity index (χ4v) is 1.78. The van der Waals surface area contributed by atoms with Crippen molar-refractivity contribution in [3.8, 4) is 35.0 Å². The maximum atomic E-state index is 5.38. The molecule has 2 nitrogen and oxygen atoms in total. The Kier molecular flexibility index (Phi) is 3.54. The highest BCUT2D eigenvalue weighted by atomic mass is 16.5. The van der Waals surface area contributed by atoms with Gasteiger partial charge in [0.2, 0.25) is 0 Å². The van der Waals surface area contributed by atoms with Crippen LogP contribution in [0.25, 0.3) is 11.1 Å². The Labute approximate surface area is 107 Å². The number of hydrogen-bond donors (Lipinski definition) is 0. The van der Waals surface area contributed by atoms with Crippen LogP contribution in [0.3, 0.4) is 0 Å². The zero-order valence-electron chi connectivity index (χ0n) is 10.4. The van der Waals surface area contributed by atoms with E-state index in [1.807, 2.05) is 42.5 Å². The summed E-state index contributed by atoms with van der Waals surface area (Å²) >= 11 is 0. The van der Waals surface area contributed by atoms with Gasteiger partial charge in [-0.05, 0) is 29.8 Å². The van der Waals surface area contributed by atoms with Crippen LogP contribution in [0.2, 0.25) is 0 Å². The molecule has 0 radical (unpaired) electrons. The summed E-state index contributed by atoms with van der Waals surface area (Å²) in [5.74, 6) is 4.16. The van der Waals surface area contributed by atoms with Gasteiger partial charge in [-0.2, -0.15) is 0 Å². The Bertz CT molecular complexity index is 577. The molecule has 0 bridgehead atoms. The van der Waals surface area contributed by atoms with Gasteiger partial charge in [-0.1, -0.05) is 18.1 Å². The van der Waals surface area contributed by atoms with E-state index < -0.39 is 0 Å². The van der Waals surface area contributed by atoms with E-state index in [1.165, 1.54) is 0 Å². The molecule has 90 valence electrons. The second-order valence-corrected chi connectivity index (χ2v) is 3.79. The van der Waals surface area contributed by atoms with Crippen molar-refractivity contribution in [2.75, 3.05) is 14.2 Å². The Morgan fingerprint density at radius 3 is 2.22 bits per heavy atom. The van der Waals surface area contributed by atoms with E-state index in [0.29, 0.717) is 0 Å². The lowest BCUT2D eigenvalue weighted by Crippen LogP contribution is -1.90. The summed E-state index contributed by atoms with van der Waals surface area (Å²) in [5, 5.41) is 0. The van der Waals surface area contributed by atoms with Crippen LogP contribution in [-0.2, 0) is 0 Å². The van der Waals surface area contributed by atoms with E-state index in [0.717, 1.165) is 28.2 Å². The predicted octanol–water partition coefficient (Wildman–Crippen LogP) is 3.35. The molecule has 0 aliphatic heterocycles. The SMILES string of the molecule is C#Cc1ccc(-c2ccc(OC)cc2OC)cc1. The van der Waals surface area contributed by atoms with Gasteiger partial charge >= 0.3 is 0 Å². The summed E-state index contributed by atoms with van der Waals surface area (Å²) in [5.41, 5.74) is 2.95. The summed E-state index contributed by atoms with van der Waals surface area (Å²) in [4.78, 5) is 0. The molecule has 0 saturated heterocycles. The molecule has 0 N–H and O–H groups in total. The average molecular weight is 238 g/mol. The third-order valence-electron chi connectivity index (χ3n) is 2.77. The summed E-state index contributed by atoms with van der Waals surface area (Å²) in [7, 11) is 3.28. The highest BCUT2D eigenvalue weighted by Gasteiger charge is 2.07. The smallest absolute Gasteiger partial charge is 0.130 e. The quantitative estimate of drug-likeness (QED) is 0.763. The summed E-state index contributed by atoms with van der Waals surface area (Å²) < 4.78 is 10.6. The predicted molar refractivity (Wildman–Crippen MR) is 72.9 cm³/mol. The molecular weight excluding hydrogens is 224 g/mol. The van der Waals surface area contributed by atoms with E-state index >= 15 is 0 Å². The van der Waals surface area contributed by atoms with Crippen molar-refractivity contribution in [1.29, 1.82) is 0 Å². The fraction of sp³-hybridized carbons (Fsp3) is 0.125. The number of hydrogen-bond acceptors (Lipinski definition) is 2. The molecule has 0 saturated carbocycles. The highest BCUT2D eigenvalue weighted by Crippen LogP contribution is 2.33. The number of methoxy groups -OCH3 is 2. The van der Waals surface area contributed by atoms with Crippen molar-refractivity contribution < 1.29 is 9.47 Å². The van der Waals surface area contributed by atoms with Crippen LogP contribution in [0.15, 0.2) is 42.5 Å². The van der Waals surface area contributed by atoms with Gasteiger partial charge in [-0.25, -0.2) is 0 Å².